The van der Waals surface area contributed by atoms with Crippen LogP contribution in [-0.2, 0) is 0 Å². The Morgan fingerprint density at radius 1 is 1.25 bits per heavy atom. The Morgan fingerprint density at radius 2 is 2.00 bits per heavy atom. The molecule has 0 radical (unpaired) electrons. The van der Waals surface area contributed by atoms with Crippen LogP contribution in [0.15, 0.2) is 47.1 Å². The van der Waals surface area contributed by atoms with Gasteiger partial charge in [-0.3, -0.25) is 0 Å². The van der Waals surface area contributed by atoms with E-state index in [1.54, 1.807) is 6.26 Å². The molecule has 2 atom stereocenters. The average molecular weight is 275 g/mol. The first kappa shape index (κ1) is 14.6. The quantitative estimate of drug-likeness (QED) is 0.815. The maximum absolute atomic E-state index is 9.89. The molecule has 20 heavy (non-hydrogen) atoms. The monoisotopic (exact) mass is 275 g/mol. The normalized spacial score (nSPS) is 13.9. The Morgan fingerprint density at radius 3 is 2.65 bits per heavy atom. The van der Waals surface area contributed by atoms with Crippen molar-refractivity contribution in [2.75, 3.05) is 13.2 Å². The molecule has 108 valence electrons. The minimum absolute atomic E-state index is 0.0685. The summed E-state index contributed by atoms with van der Waals surface area (Å²) in [5.74, 6) is 1.63. The van der Waals surface area contributed by atoms with Crippen LogP contribution in [0.5, 0.6) is 5.75 Å². The van der Waals surface area contributed by atoms with Gasteiger partial charge in [0.1, 0.15) is 24.2 Å². The van der Waals surface area contributed by atoms with Crippen molar-refractivity contribution in [2.45, 2.75) is 26.0 Å². The standard InChI is InChI=1S/C16H21NO3/c1-12-5-7-15(8-6-12)20-11-14(18)10-17-13(2)16-4-3-9-19-16/h3-9,13-14,17-18H,10-11H2,1-2H3/t13-,14?/m0/s1. The van der Waals surface area contributed by atoms with Crippen LogP contribution in [0.3, 0.4) is 0 Å². The summed E-state index contributed by atoms with van der Waals surface area (Å²) in [5, 5.41) is 13.1. The van der Waals surface area contributed by atoms with Gasteiger partial charge in [0.15, 0.2) is 0 Å². The Labute approximate surface area is 119 Å². The molecule has 2 rings (SSSR count). The summed E-state index contributed by atoms with van der Waals surface area (Å²) >= 11 is 0. The van der Waals surface area contributed by atoms with Crippen molar-refractivity contribution in [2.24, 2.45) is 0 Å². The predicted octanol–water partition coefficient (Wildman–Crippen LogP) is 2.68. The van der Waals surface area contributed by atoms with Crippen LogP contribution in [-0.4, -0.2) is 24.4 Å². The van der Waals surface area contributed by atoms with Crippen LogP contribution in [0.2, 0.25) is 0 Å². The van der Waals surface area contributed by atoms with Crippen molar-refractivity contribution in [1.29, 1.82) is 0 Å². The maximum atomic E-state index is 9.89. The first-order valence-corrected chi connectivity index (χ1v) is 6.79. The van der Waals surface area contributed by atoms with Gasteiger partial charge in [0, 0.05) is 6.54 Å². The minimum atomic E-state index is -0.561. The number of aryl methyl sites for hydroxylation is 1. The number of aliphatic hydroxyl groups is 1. The lowest BCUT2D eigenvalue weighted by Crippen LogP contribution is -2.32. The van der Waals surface area contributed by atoms with Gasteiger partial charge in [0.05, 0.1) is 12.3 Å². The van der Waals surface area contributed by atoms with E-state index in [1.807, 2.05) is 50.2 Å². The molecule has 0 fully saturated rings. The number of nitrogens with one attached hydrogen (secondary N) is 1. The third kappa shape index (κ3) is 4.40. The van der Waals surface area contributed by atoms with Gasteiger partial charge >= 0.3 is 0 Å². The second-order valence-corrected chi connectivity index (χ2v) is 4.92. The Hall–Kier alpha value is -1.78. The molecular formula is C16H21NO3. The van der Waals surface area contributed by atoms with Crippen molar-refractivity contribution in [3.63, 3.8) is 0 Å². The first-order valence-electron chi connectivity index (χ1n) is 6.79. The molecule has 0 aliphatic heterocycles. The summed E-state index contributed by atoms with van der Waals surface area (Å²) < 4.78 is 10.8. The second-order valence-electron chi connectivity index (χ2n) is 4.92. The van der Waals surface area contributed by atoms with Crippen LogP contribution in [0.25, 0.3) is 0 Å². The van der Waals surface area contributed by atoms with Crippen LogP contribution < -0.4 is 10.1 Å². The Bertz CT molecular complexity index is 493. The van der Waals surface area contributed by atoms with Gasteiger partial charge in [-0.2, -0.15) is 0 Å². The first-order chi connectivity index (χ1) is 9.65. The number of benzene rings is 1. The summed E-state index contributed by atoms with van der Waals surface area (Å²) in [6.45, 7) is 4.74. The molecule has 0 aliphatic rings. The van der Waals surface area contributed by atoms with E-state index >= 15 is 0 Å². The van der Waals surface area contributed by atoms with E-state index in [0.29, 0.717) is 6.54 Å². The van der Waals surface area contributed by atoms with Gasteiger partial charge in [-0.25, -0.2) is 0 Å². The molecule has 1 unspecified atom stereocenters. The topological polar surface area (TPSA) is 54.6 Å². The van der Waals surface area contributed by atoms with Gasteiger partial charge in [-0.15, -0.1) is 0 Å². The van der Waals surface area contributed by atoms with Gasteiger partial charge in [0.25, 0.3) is 0 Å². The maximum Gasteiger partial charge on any atom is 0.120 e. The lowest BCUT2D eigenvalue weighted by atomic mass is 10.2. The van der Waals surface area contributed by atoms with Crippen LogP contribution in [0.4, 0.5) is 0 Å². The summed E-state index contributed by atoms with van der Waals surface area (Å²) in [4.78, 5) is 0. The number of hydrogen-bond donors (Lipinski definition) is 2. The molecule has 2 N–H and O–H groups in total. The van der Waals surface area contributed by atoms with E-state index in [4.69, 9.17) is 9.15 Å². The van der Waals surface area contributed by atoms with Crippen molar-refractivity contribution in [3.05, 3.63) is 54.0 Å². The number of rotatable bonds is 7. The lowest BCUT2D eigenvalue weighted by molar-refractivity contribution is 0.103. The van der Waals surface area contributed by atoms with E-state index in [9.17, 15) is 5.11 Å². The van der Waals surface area contributed by atoms with Crippen molar-refractivity contribution in [1.82, 2.24) is 5.32 Å². The van der Waals surface area contributed by atoms with Crippen molar-refractivity contribution in [3.8, 4) is 5.75 Å². The number of hydrogen-bond acceptors (Lipinski definition) is 4. The average Bonchev–Trinajstić information content (AvgIpc) is 2.98. The Kier molecular flexibility index (Phi) is 5.21. The van der Waals surface area contributed by atoms with Gasteiger partial charge in [0.2, 0.25) is 0 Å². The molecule has 1 aromatic carbocycles. The van der Waals surface area contributed by atoms with Gasteiger partial charge in [-0.1, -0.05) is 17.7 Å². The number of furan rings is 1. The largest absolute Gasteiger partial charge is 0.491 e. The zero-order valence-electron chi connectivity index (χ0n) is 11.9. The number of aliphatic hydroxyl groups excluding tert-OH is 1. The van der Waals surface area contributed by atoms with Crippen LogP contribution in [0.1, 0.15) is 24.3 Å². The molecule has 1 aromatic heterocycles. The molecule has 0 aliphatic carbocycles. The molecule has 4 nitrogen and oxygen atoms in total. The third-order valence-corrected chi connectivity index (χ3v) is 3.09. The third-order valence-electron chi connectivity index (χ3n) is 3.09. The highest BCUT2D eigenvalue weighted by Crippen LogP contribution is 2.13. The molecule has 2 aromatic rings. The molecule has 4 heteroatoms. The SMILES string of the molecule is Cc1ccc(OCC(O)CN[C@@H](C)c2ccco2)cc1. The zero-order chi connectivity index (χ0) is 14.4. The fourth-order valence-electron chi connectivity index (χ4n) is 1.84. The zero-order valence-corrected chi connectivity index (χ0v) is 11.9. The predicted molar refractivity (Wildman–Crippen MR) is 77.8 cm³/mol. The van der Waals surface area contributed by atoms with E-state index < -0.39 is 6.10 Å². The molecule has 0 amide bonds. The second kappa shape index (κ2) is 7.12. The van der Waals surface area contributed by atoms with Gasteiger partial charge < -0.3 is 19.6 Å². The lowest BCUT2D eigenvalue weighted by Gasteiger charge is -2.16. The van der Waals surface area contributed by atoms with E-state index in [-0.39, 0.29) is 12.6 Å². The summed E-state index contributed by atoms with van der Waals surface area (Å²) in [7, 11) is 0. The van der Waals surface area contributed by atoms with Gasteiger partial charge in [-0.05, 0) is 38.1 Å². The van der Waals surface area contributed by atoms with Crippen LogP contribution in [0, 0.1) is 6.92 Å². The van der Waals surface area contributed by atoms with Crippen molar-refractivity contribution < 1.29 is 14.3 Å². The number of ether oxygens (including phenoxy) is 1. The fraction of sp³-hybridized carbons (Fsp3) is 0.375. The molecule has 0 saturated carbocycles. The van der Waals surface area contributed by atoms with E-state index in [0.717, 1.165) is 11.5 Å². The highest BCUT2D eigenvalue weighted by Gasteiger charge is 2.11. The molecule has 1 heterocycles. The van der Waals surface area contributed by atoms with Crippen molar-refractivity contribution >= 4 is 0 Å². The van der Waals surface area contributed by atoms with Crippen LogP contribution >= 0.6 is 0 Å². The highest BCUT2D eigenvalue weighted by molar-refractivity contribution is 5.26. The molecule has 0 bridgehead atoms. The smallest absolute Gasteiger partial charge is 0.120 e. The molecule has 0 saturated heterocycles. The van der Waals surface area contributed by atoms with E-state index in [2.05, 4.69) is 5.32 Å². The van der Waals surface area contributed by atoms with E-state index in [1.165, 1.54) is 5.56 Å². The Balaban J connectivity index is 1.70. The summed E-state index contributed by atoms with van der Waals surface area (Å²) in [5.41, 5.74) is 1.19. The minimum Gasteiger partial charge on any atom is -0.491 e. The fourth-order valence-corrected chi connectivity index (χ4v) is 1.84. The summed E-state index contributed by atoms with van der Waals surface area (Å²) in [6, 6.07) is 11.6. The highest BCUT2D eigenvalue weighted by atomic mass is 16.5. The summed E-state index contributed by atoms with van der Waals surface area (Å²) in [6.07, 6.45) is 1.08. The molecular weight excluding hydrogens is 254 g/mol. The molecule has 0 spiro atoms.